The van der Waals surface area contributed by atoms with Crippen LogP contribution in [0.2, 0.25) is 5.02 Å². The van der Waals surface area contributed by atoms with Crippen molar-refractivity contribution >= 4 is 23.5 Å². The summed E-state index contributed by atoms with van der Waals surface area (Å²) in [5.74, 6) is 0.277. The lowest BCUT2D eigenvalue weighted by atomic mass is 9.91. The van der Waals surface area contributed by atoms with Gasteiger partial charge in [-0.2, -0.15) is 0 Å². The number of carbonyl (C=O) groups excluding carboxylic acids is 2. The summed E-state index contributed by atoms with van der Waals surface area (Å²) in [5.41, 5.74) is 0.854. The Kier molecular flexibility index (Phi) is 4.40. The fourth-order valence-electron chi connectivity index (χ4n) is 2.72. The maximum absolute atomic E-state index is 11.9. The molecule has 2 heterocycles. The van der Waals surface area contributed by atoms with Gasteiger partial charge in [-0.3, -0.25) is 10.1 Å². The number of ether oxygens (including phenoxy) is 1. The van der Waals surface area contributed by atoms with E-state index < -0.39 is 6.03 Å². The van der Waals surface area contributed by atoms with Gasteiger partial charge in [0.25, 0.3) is 0 Å². The monoisotopic (exact) mass is 345 g/mol. The minimum atomic E-state index is -0.399. The van der Waals surface area contributed by atoms with E-state index in [-0.39, 0.29) is 17.9 Å². The molecule has 3 rings (SSSR count). The van der Waals surface area contributed by atoms with E-state index in [1.807, 2.05) is 12.1 Å². The molecule has 3 amide bonds. The van der Waals surface area contributed by atoms with Crippen LogP contribution in [0, 0.1) is 5.92 Å². The Morgan fingerprint density at radius 2 is 1.92 bits per heavy atom. The highest BCUT2D eigenvalue weighted by Gasteiger charge is 2.37. The number of amides is 3. The maximum atomic E-state index is 11.9. The highest BCUT2D eigenvalue weighted by molar-refractivity contribution is 6.31. The number of aromatic nitrogens is 1. The molecule has 24 heavy (non-hydrogen) atoms. The Labute approximate surface area is 144 Å². The van der Waals surface area contributed by atoms with Gasteiger partial charge in [-0.25, -0.2) is 9.78 Å². The highest BCUT2D eigenvalue weighted by Crippen LogP contribution is 2.33. The van der Waals surface area contributed by atoms with Crippen LogP contribution in [-0.4, -0.2) is 28.9 Å². The van der Waals surface area contributed by atoms with Crippen LogP contribution in [0.15, 0.2) is 42.6 Å². The van der Waals surface area contributed by atoms with Crippen LogP contribution in [-0.2, 0) is 4.79 Å². The van der Waals surface area contributed by atoms with Crippen molar-refractivity contribution in [1.82, 2.24) is 15.2 Å². The van der Waals surface area contributed by atoms with Crippen molar-refractivity contribution < 1.29 is 14.3 Å². The van der Waals surface area contributed by atoms with E-state index in [4.69, 9.17) is 16.3 Å². The molecule has 7 heteroatoms. The summed E-state index contributed by atoms with van der Waals surface area (Å²) in [5, 5.41) is 2.75. The van der Waals surface area contributed by atoms with Crippen molar-refractivity contribution in [2.24, 2.45) is 5.92 Å². The van der Waals surface area contributed by atoms with Gasteiger partial charge in [-0.1, -0.05) is 30.7 Å². The molecular weight excluding hydrogens is 330 g/mol. The number of imide groups is 1. The summed E-state index contributed by atoms with van der Waals surface area (Å²) in [6.45, 7) is 1.79. The predicted octanol–water partition coefficient (Wildman–Crippen LogP) is 3.39. The van der Waals surface area contributed by atoms with Gasteiger partial charge >= 0.3 is 6.03 Å². The van der Waals surface area contributed by atoms with Gasteiger partial charge < -0.3 is 9.64 Å². The molecule has 1 N–H and O–H groups in total. The number of halogens is 1. The Hall–Kier alpha value is -2.60. The van der Waals surface area contributed by atoms with Crippen molar-refractivity contribution in [3.8, 4) is 11.6 Å². The minimum Gasteiger partial charge on any atom is -0.438 e. The lowest BCUT2D eigenvalue weighted by Crippen LogP contribution is -2.53. The van der Waals surface area contributed by atoms with Crippen molar-refractivity contribution in [2.45, 2.75) is 13.0 Å². The summed E-state index contributed by atoms with van der Waals surface area (Å²) >= 11 is 6.02. The Morgan fingerprint density at radius 3 is 2.58 bits per heavy atom. The Bertz CT molecular complexity index is 759. The molecule has 1 aliphatic heterocycles. The van der Waals surface area contributed by atoms with Gasteiger partial charge in [0, 0.05) is 13.2 Å². The average Bonchev–Trinajstić information content (AvgIpc) is 2.57. The van der Waals surface area contributed by atoms with Gasteiger partial charge in [-0.15, -0.1) is 0 Å². The fraction of sp³-hybridized carbons (Fsp3) is 0.235. The number of carbonyl (C=O) groups is 2. The average molecular weight is 346 g/mol. The summed E-state index contributed by atoms with van der Waals surface area (Å²) in [7, 11) is 1.67. The van der Waals surface area contributed by atoms with Crippen LogP contribution in [0.1, 0.15) is 18.5 Å². The van der Waals surface area contributed by atoms with E-state index in [1.165, 1.54) is 4.90 Å². The molecule has 2 atom stereocenters. The predicted molar refractivity (Wildman–Crippen MR) is 89.0 cm³/mol. The second kappa shape index (κ2) is 6.49. The Balaban J connectivity index is 1.82. The van der Waals surface area contributed by atoms with E-state index in [0.717, 1.165) is 5.56 Å². The van der Waals surface area contributed by atoms with E-state index in [2.05, 4.69) is 10.3 Å². The molecule has 1 fully saturated rings. The topological polar surface area (TPSA) is 71.5 Å². The van der Waals surface area contributed by atoms with Crippen LogP contribution >= 0.6 is 11.6 Å². The Morgan fingerprint density at radius 1 is 1.21 bits per heavy atom. The van der Waals surface area contributed by atoms with Crippen molar-refractivity contribution in [1.29, 1.82) is 0 Å². The van der Waals surface area contributed by atoms with Crippen molar-refractivity contribution in [3.05, 3.63) is 53.2 Å². The number of benzene rings is 1. The zero-order valence-corrected chi connectivity index (χ0v) is 13.9. The van der Waals surface area contributed by atoms with E-state index >= 15 is 0 Å². The van der Waals surface area contributed by atoms with Crippen LogP contribution in [0.5, 0.6) is 11.6 Å². The maximum Gasteiger partial charge on any atom is 0.324 e. The first-order valence-electron chi connectivity index (χ1n) is 7.43. The number of nitrogens with one attached hydrogen (secondary N) is 1. The molecule has 2 aromatic rings. The van der Waals surface area contributed by atoms with E-state index in [9.17, 15) is 9.59 Å². The summed E-state index contributed by atoms with van der Waals surface area (Å²) in [4.78, 5) is 29.3. The zero-order valence-electron chi connectivity index (χ0n) is 13.2. The SMILES string of the molecule is CC1C(=O)NC(=O)N(C)C1c1ccc(Oc2ncccc2Cl)cc1. The van der Waals surface area contributed by atoms with E-state index in [1.54, 1.807) is 44.4 Å². The number of hydrogen-bond donors (Lipinski definition) is 1. The van der Waals surface area contributed by atoms with Gasteiger partial charge in [0.05, 0.1) is 12.0 Å². The molecule has 0 radical (unpaired) electrons. The molecule has 1 aliphatic rings. The molecule has 1 aromatic heterocycles. The number of nitrogens with zero attached hydrogens (tertiary/aromatic N) is 2. The largest absolute Gasteiger partial charge is 0.438 e. The number of rotatable bonds is 3. The fourth-order valence-corrected chi connectivity index (χ4v) is 2.88. The van der Waals surface area contributed by atoms with Gasteiger partial charge in [0.2, 0.25) is 11.8 Å². The summed E-state index contributed by atoms with van der Waals surface area (Å²) < 4.78 is 5.64. The smallest absolute Gasteiger partial charge is 0.324 e. The molecular formula is C17H16ClN3O3. The van der Waals surface area contributed by atoms with Crippen LogP contribution in [0.25, 0.3) is 0 Å². The standard InChI is InChI=1S/C17H16ClN3O3/c1-10-14(21(2)17(23)20-15(10)22)11-5-7-12(8-6-11)24-16-13(18)4-3-9-19-16/h3-10,14H,1-2H3,(H,20,22,23). The third-order valence-corrected chi connectivity index (χ3v) is 4.30. The quantitative estimate of drug-likeness (QED) is 0.925. The first kappa shape index (κ1) is 16.3. The van der Waals surface area contributed by atoms with Gasteiger partial charge in [0.15, 0.2) is 0 Å². The minimum absolute atomic E-state index is 0.274. The molecule has 6 nitrogen and oxygen atoms in total. The second-order valence-electron chi connectivity index (χ2n) is 5.60. The summed E-state index contributed by atoms with van der Waals surface area (Å²) in [6, 6.07) is 9.88. The summed E-state index contributed by atoms with van der Waals surface area (Å²) in [6.07, 6.45) is 1.60. The first-order chi connectivity index (χ1) is 11.5. The molecule has 0 saturated carbocycles. The first-order valence-corrected chi connectivity index (χ1v) is 7.81. The van der Waals surface area contributed by atoms with Crippen LogP contribution < -0.4 is 10.1 Å². The molecule has 2 unspecified atom stereocenters. The second-order valence-corrected chi connectivity index (χ2v) is 6.01. The number of urea groups is 1. The zero-order chi connectivity index (χ0) is 17.3. The molecule has 0 bridgehead atoms. The lowest BCUT2D eigenvalue weighted by molar-refractivity contribution is -0.127. The van der Waals surface area contributed by atoms with Crippen molar-refractivity contribution in [3.63, 3.8) is 0 Å². The molecule has 0 aliphatic carbocycles. The van der Waals surface area contributed by atoms with Crippen LogP contribution in [0.3, 0.4) is 0 Å². The lowest BCUT2D eigenvalue weighted by Gasteiger charge is -2.36. The van der Waals surface area contributed by atoms with Gasteiger partial charge in [0.1, 0.15) is 10.8 Å². The van der Waals surface area contributed by atoms with Crippen molar-refractivity contribution in [2.75, 3.05) is 7.05 Å². The number of hydrogen-bond acceptors (Lipinski definition) is 4. The molecule has 124 valence electrons. The molecule has 1 aromatic carbocycles. The molecule has 0 spiro atoms. The van der Waals surface area contributed by atoms with E-state index in [0.29, 0.717) is 16.7 Å². The van der Waals surface area contributed by atoms with Crippen LogP contribution in [0.4, 0.5) is 4.79 Å². The number of pyridine rings is 1. The molecule has 1 saturated heterocycles. The highest BCUT2D eigenvalue weighted by atomic mass is 35.5. The third-order valence-electron chi connectivity index (χ3n) is 4.02. The third kappa shape index (κ3) is 3.05. The normalized spacial score (nSPS) is 20.7. The van der Waals surface area contributed by atoms with Gasteiger partial charge in [-0.05, 0) is 29.8 Å².